The number of aromatic hydroxyl groups is 1. The number of carbonyl (C=O) groups is 1. The van der Waals surface area contributed by atoms with E-state index in [1.807, 2.05) is 24.6 Å². The molecule has 3 rings (SSSR count). The Bertz CT molecular complexity index is 1150. The van der Waals surface area contributed by atoms with E-state index in [9.17, 15) is 9.90 Å². The predicted octanol–water partition coefficient (Wildman–Crippen LogP) is 8.39. The van der Waals surface area contributed by atoms with Gasteiger partial charge in [0.15, 0.2) is 0 Å². The highest BCUT2D eigenvalue weighted by atomic mass is 32.2. The number of phenols is 1. The maximum atomic E-state index is 12.2. The standard InChI is InChI=1S/C29H33NO2S2/c1-20(7-6-8-21(2)17-28(32)34-24-12-10-23(31)11-13-24)9-14-26-22(3)25(15-16-29(26,4)5)27-18-33-19-30-27/h6-14,17-19,25,31H,15-16H2,1-5H3/b8-6+,14-9+,20-7+,21-17-. The molecule has 1 N–H and O–H groups in total. The van der Waals surface area contributed by atoms with Crippen LogP contribution >= 0.6 is 23.1 Å². The fraction of sp³-hybridized carbons (Fsp3) is 0.310. The first-order chi connectivity index (χ1) is 16.2. The predicted molar refractivity (Wildman–Crippen MR) is 145 cm³/mol. The highest BCUT2D eigenvalue weighted by Crippen LogP contribution is 2.47. The van der Waals surface area contributed by atoms with Crippen LogP contribution in [0.5, 0.6) is 5.75 Å². The van der Waals surface area contributed by atoms with E-state index in [1.54, 1.807) is 41.7 Å². The molecule has 1 aromatic heterocycles. The van der Waals surface area contributed by atoms with Crippen LogP contribution in [0.25, 0.3) is 0 Å². The largest absolute Gasteiger partial charge is 0.508 e. The van der Waals surface area contributed by atoms with Crippen LogP contribution in [0.3, 0.4) is 0 Å². The number of nitrogens with zero attached hydrogens (tertiary/aromatic N) is 1. The number of benzene rings is 1. The van der Waals surface area contributed by atoms with Gasteiger partial charge in [0.1, 0.15) is 5.75 Å². The summed E-state index contributed by atoms with van der Waals surface area (Å²) in [7, 11) is 0. The Hall–Kier alpha value is -2.63. The Morgan fingerprint density at radius 3 is 2.59 bits per heavy atom. The summed E-state index contributed by atoms with van der Waals surface area (Å²) in [6, 6.07) is 6.63. The topological polar surface area (TPSA) is 50.2 Å². The van der Waals surface area contributed by atoms with Gasteiger partial charge in [0, 0.05) is 16.2 Å². The van der Waals surface area contributed by atoms with Crippen LogP contribution in [0.15, 0.2) is 98.8 Å². The smallest absolute Gasteiger partial charge is 0.217 e. The van der Waals surface area contributed by atoms with E-state index in [1.165, 1.54) is 16.8 Å². The number of hydrogen-bond acceptors (Lipinski definition) is 5. The lowest BCUT2D eigenvalue weighted by molar-refractivity contribution is -0.107. The molecule has 1 aliphatic rings. The van der Waals surface area contributed by atoms with E-state index in [0.29, 0.717) is 5.92 Å². The first kappa shape index (κ1) is 26.0. The van der Waals surface area contributed by atoms with Gasteiger partial charge in [-0.25, -0.2) is 4.98 Å². The first-order valence-corrected chi connectivity index (χ1v) is 13.2. The fourth-order valence-electron chi connectivity index (χ4n) is 4.21. The Morgan fingerprint density at radius 1 is 1.18 bits per heavy atom. The van der Waals surface area contributed by atoms with Crippen molar-refractivity contribution in [3.63, 3.8) is 0 Å². The van der Waals surface area contributed by atoms with E-state index >= 15 is 0 Å². The Balaban J connectivity index is 1.65. The van der Waals surface area contributed by atoms with Crippen molar-refractivity contribution < 1.29 is 9.90 Å². The van der Waals surface area contributed by atoms with Crippen molar-refractivity contribution in [3.8, 4) is 5.75 Å². The molecule has 0 saturated carbocycles. The molecule has 2 aromatic rings. The van der Waals surface area contributed by atoms with E-state index in [-0.39, 0.29) is 16.3 Å². The molecule has 178 valence electrons. The van der Waals surface area contributed by atoms with Crippen LogP contribution in [-0.4, -0.2) is 15.2 Å². The molecule has 34 heavy (non-hydrogen) atoms. The van der Waals surface area contributed by atoms with Crippen LogP contribution in [0.1, 0.15) is 59.1 Å². The second kappa shape index (κ2) is 11.7. The molecule has 0 fully saturated rings. The van der Waals surface area contributed by atoms with Crippen LogP contribution in [-0.2, 0) is 4.79 Å². The summed E-state index contributed by atoms with van der Waals surface area (Å²) >= 11 is 2.81. The fourth-order valence-corrected chi connectivity index (χ4v) is 5.57. The number of hydrogen-bond donors (Lipinski definition) is 1. The summed E-state index contributed by atoms with van der Waals surface area (Å²) in [6.07, 6.45) is 14.4. The Kier molecular flexibility index (Phi) is 8.92. The summed E-state index contributed by atoms with van der Waals surface area (Å²) in [6.45, 7) is 10.9. The number of allylic oxidation sites excluding steroid dienone is 9. The summed E-state index contributed by atoms with van der Waals surface area (Å²) in [5.41, 5.74) is 8.14. The lowest BCUT2D eigenvalue weighted by Gasteiger charge is -2.37. The van der Waals surface area contributed by atoms with Crippen LogP contribution < -0.4 is 0 Å². The molecule has 0 spiro atoms. The zero-order chi connectivity index (χ0) is 24.7. The monoisotopic (exact) mass is 491 g/mol. The van der Waals surface area contributed by atoms with Gasteiger partial charge in [-0.1, -0.05) is 55.4 Å². The highest BCUT2D eigenvalue weighted by molar-refractivity contribution is 8.14. The average molecular weight is 492 g/mol. The van der Waals surface area contributed by atoms with Crippen molar-refractivity contribution in [1.29, 1.82) is 0 Å². The third-order valence-electron chi connectivity index (χ3n) is 6.17. The van der Waals surface area contributed by atoms with Gasteiger partial charge in [-0.3, -0.25) is 4.79 Å². The molecule has 0 bridgehead atoms. The summed E-state index contributed by atoms with van der Waals surface area (Å²) in [5, 5.41) is 11.5. The van der Waals surface area contributed by atoms with Gasteiger partial charge in [0.25, 0.3) is 0 Å². The SMILES string of the molecule is CC1=C(/C=C/C(C)=C/C=C/C(C)=C\C(=O)Sc2ccc(O)cc2)C(C)(C)CCC1c1cscn1. The third-order valence-corrected chi connectivity index (χ3v) is 7.61. The zero-order valence-electron chi connectivity index (χ0n) is 20.5. The van der Waals surface area contributed by atoms with Crippen molar-refractivity contribution in [2.75, 3.05) is 0 Å². The van der Waals surface area contributed by atoms with Crippen molar-refractivity contribution in [3.05, 3.63) is 99.6 Å². The summed E-state index contributed by atoms with van der Waals surface area (Å²) < 4.78 is 0. The molecule has 0 saturated heterocycles. The lowest BCUT2D eigenvalue weighted by Crippen LogP contribution is -2.23. The van der Waals surface area contributed by atoms with Crippen molar-refractivity contribution in [1.82, 2.24) is 4.98 Å². The van der Waals surface area contributed by atoms with Crippen LogP contribution in [0, 0.1) is 5.41 Å². The lowest BCUT2D eigenvalue weighted by atomic mass is 9.68. The summed E-state index contributed by atoms with van der Waals surface area (Å²) in [5.74, 6) is 0.605. The number of phenolic OH excluding ortho intramolecular Hbond substituents is 1. The first-order valence-electron chi connectivity index (χ1n) is 11.5. The van der Waals surface area contributed by atoms with E-state index in [4.69, 9.17) is 0 Å². The molecule has 3 nitrogen and oxygen atoms in total. The zero-order valence-corrected chi connectivity index (χ0v) is 22.2. The molecule has 0 amide bonds. The third kappa shape index (κ3) is 7.18. The van der Waals surface area contributed by atoms with Crippen molar-refractivity contribution in [2.45, 2.75) is 58.3 Å². The van der Waals surface area contributed by atoms with Gasteiger partial charge < -0.3 is 5.11 Å². The molecule has 1 aliphatic carbocycles. The number of carbonyl (C=O) groups excluding carboxylic acids is 1. The second-order valence-corrected chi connectivity index (χ2v) is 11.2. The number of aromatic nitrogens is 1. The van der Waals surface area contributed by atoms with Gasteiger partial charge >= 0.3 is 0 Å². The molecule has 1 atom stereocenters. The minimum atomic E-state index is -0.0370. The van der Waals surface area contributed by atoms with E-state index in [2.05, 4.69) is 56.3 Å². The van der Waals surface area contributed by atoms with Crippen molar-refractivity contribution >= 4 is 28.2 Å². The molecule has 1 aromatic carbocycles. The number of thioether (sulfide) groups is 1. The van der Waals surface area contributed by atoms with E-state index < -0.39 is 0 Å². The minimum absolute atomic E-state index is 0.0370. The molecule has 0 aliphatic heterocycles. The molecule has 1 heterocycles. The van der Waals surface area contributed by atoms with Crippen LogP contribution in [0.2, 0.25) is 0 Å². The van der Waals surface area contributed by atoms with Crippen molar-refractivity contribution in [2.24, 2.45) is 5.41 Å². The normalized spacial score (nSPS) is 19.4. The quantitative estimate of drug-likeness (QED) is 0.240. The number of thiazole rings is 1. The van der Waals surface area contributed by atoms with Gasteiger partial charge in [0.05, 0.1) is 11.2 Å². The van der Waals surface area contributed by atoms with Gasteiger partial charge in [-0.15, -0.1) is 11.3 Å². The molecular weight excluding hydrogens is 458 g/mol. The molecule has 5 heteroatoms. The maximum absolute atomic E-state index is 12.2. The molecule has 1 unspecified atom stereocenters. The molecular formula is C29H33NO2S2. The van der Waals surface area contributed by atoms with Gasteiger partial charge in [-0.2, -0.15) is 0 Å². The van der Waals surface area contributed by atoms with Crippen LogP contribution in [0.4, 0.5) is 0 Å². The highest BCUT2D eigenvalue weighted by Gasteiger charge is 2.33. The minimum Gasteiger partial charge on any atom is -0.508 e. The van der Waals surface area contributed by atoms with E-state index in [0.717, 1.165) is 40.6 Å². The second-order valence-electron chi connectivity index (χ2n) is 9.39. The molecule has 0 radical (unpaired) electrons. The number of rotatable bonds is 7. The van der Waals surface area contributed by atoms with Gasteiger partial charge in [-0.05, 0) is 92.3 Å². The Labute approximate surface area is 211 Å². The Morgan fingerprint density at radius 2 is 1.91 bits per heavy atom. The summed E-state index contributed by atoms with van der Waals surface area (Å²) in [4.78, 5) is 17.6. The average Bonchev–Trinajstić information content (AvgIpc) is 3.29. The van der Waals surface area contributed by atoms with Gasteiger partial charge in [0.2, 0.25) is 5.12 Å². The maximum Gasteiger partial charge on any atom is 0.217 e.